The van der Waals surface area contributed by atoms with Gasteiger partial charge in [0.05, 0.1) is 4.58 Å². The van der Waals surface area contributed by atoms with Crippen molar-refractivity contribution in [2.24, 2.45) is 0 Å². The van der Waals surface area contributed by atoms with Gasteiger partial charge in [0, 0.05) is 22.8 Å². The molecule has 1 N–H and O–H groups in total. The van der Waals surface area contributed by atoms with E-state index in [2.05, 4.69) is 5.32 Å². The Bertz CT molecular complexity index is 682. The number of hydrogen-bond donors (Lipinski definition) is 1. The second-order valence-corrected chi connectivity index (χ2v) is 7.84. The number of rotatable bonds is 3. The Kier molecular flexibility index (Phi) is 4.74. The van der Waals surface area contributed by atoms with Gasteiger partial charge in [-0.05, 0) is 42.3 Å². The molecule has 1 fully saturated rings. The van der Waals surface area contributed by atoms with E-state index >= 15 is 0 Å². The predicted octanol–water partition coefficient (Wildman–Crippen LogP) is 4.87. The lowest BCUT2D eigenvalue weighted by Gasteiger charge is -2.10. The number of amides is 1. The number of benzene rings is 2. The molecule has 22 heavy (non-hydrogen) atoms. The third kappa shape index (κ3) is 3.47. The van der Waals surface area contributed by atoms with E-state index in [1.54, 1.807) is 19.1 Å². The van der Waals surface area contributed by atoms with Gasteiger partial charge in [0.1, 0.15) is 5.82 Å². The van der Waals surface area contributed by atoms with Crippen molar-refractivity contribution in [2.45, 2.75) is 11.5 Å². The van der Waals surface area contributed by atoms with Crippen molar-refractivity contribution in [3.8, 4) is 0 Å². The first-order valence-corrected chi connectivity index (χ1v) is 9.14. The highest BCUT2D eigenvalue weighted by Crippen LogP contribution is 2.45. The lowest BCUT2D eigenvalue weighted by molar-refractivity contribution is 0.102. The fraction of sp³-hybridized carbons (Fsp3) is 0.235. The van der Waals surface area contributed by atoms with Crippen LogP contribution in [0.25, 0.3) is 0 Å². The summed E-state index contributed by atoms with van der Waals surface area (Å²) in [5, 5.41) is 2.73. The maximum absolute atomic E-state index is 13.5. The van der Waals surface area contributed by atoms with E-state index in [0.717, 1.165) is 0 Å². The summed E-state index contributed by atoms with van der Waals surface area (Å²) in [5.41, 5.74) is 2.86. The number of nitrogens with one attached hydrogen (secondary N) is 1. The minimum atomic E-state index is -0.316. The molecule has 2 aromatic carbocycles. The maximum Gasteiger partial charge on any atom is 0.255 e. The first-order chi connectivity index (χ1) is 10.6. The Labute approximate surface area is 137 Å². The van der Waals surface area contributed by atoms with E-state index in [4.69, 9.17) is 0 Å². The molecule has 0 aliphatic carbocycles. The zero-order chi connectivity index (χ0) is 15.5. The fourth-order valence-electron chi connectivity index (χ4n) is 2.22. The van der Waals surface area contributed by atoms with E-state index in [0.29, 0.717) is 21.4 Å². The van der Waals surface area contributed by atoms with Gasteiger partial charge in [0.25, 0.3) is 5.91 Å². The van der Waals surface area contributed by atoms with Gasteiger partial charge in [-0.1, -0.05) is 18.2 Å². The van der Waals surface area contributed by atoms with Gasteiger partial charge in [-0.2, -0.15) is 0 Å². The van der Waals surface area contributed by atoms with Gasteiger partial charge >= 0.3 is 0 Å². The molecule has 1 heterocycles. The maximum atomic E-state index is 13.5. The lowest BCUT2D eigenvalue weighted by Crippen LogP contribution is -2.12. The molecular formula is C17H16FNOS2. The molecule has 0 aromatic heterocycles. The average molecular weight is 333 g/mol. The topological polar surface area (TPSA) is 29.1 Å². The summed E-state index contributed by atoms with van der Waals surface area (Å²) >= 11 is 3.87. The lowest BCUT2D eigenvalue weighted by atomic mass is 10.1. The van der Waals surface area contributed by atoms with E-state index in [1.807, 2.05) is 47.8 Å². The number of carbonyl (C=O) groups is 1. The van der Waals surface area contributed by atoms with Crippen LogP contribution in [0.5, 0.6) is 0 Å². The predicted molar refractivity (Wildman–Crippen MR) is 93.2 cm³/mol. The van der Waals surface area contributed by atoms with Crippen LogP contribution in [0.1, 0.15) is 26.1 Å². The van der Waals surface area contributed by atoms with Crippen LogP contribution in [-0.2, 0) is 0 Å². The summed E-state index contributed by atoms with van der Waals surface area (Å²) in [6.07, 6.45) is 0. The molecule has 0 radical (unpaired) electrons. The first-order valence-electron chi connectivity index (χ1n) is 7.04. The number of anilines is 1. The SMILES string of the molecule is Cc1ccc(NC(=O)c2ccc(C3SCCS3)cc2)cc1F. The van der Waals surface area contributed by atoms with Crippen LogP contribution in [-0.4, -0.2) is 17.4 Å². The third-order valence-corrected chi connectivity index (χ3v) is 6.60. The molecule has 0 unspecified atom stereocenters. The molecule has 0 spiro atoms. The van der Waals surface area contributed by atoms with Crippen molar-refractivity contribution in [2.75, 3.05) is 16.8 Å². The summed E-state index contributed by atoms with van der Waals surface area (Å²) in [4.78, 5) is 12.2. The molecule has 0 saturated carbocycles. The number of hydrogen-bond acceptors (Lipinski definition) is 3. The molecule has 1 amide bonds. The summed E-state index contributed by atoms with van der Waals surface area (Å²) < 4.78 is 14.0. The van der Waals surface area contributed by atoms with Crippen LogP contribution in [0.2, 0.25) is 0 Å². The van der Waals surface area contributed by atoms with Crippen LogP contribution in [0.3, 0.4) is 0 Å². The van der Waals surface area contributed by atoms with E-state index in [9.17, 15) is 9.18 Å². The van der Waals surface area contributed by atoms with E-state index in [1.165, 1.54) is 23.1 Å². The molecule has 2 aromatic rings. The number of aryl methyl sites for hydroxylation is 1. The van der Waals surface area contributed by atoms with Gasteiger partial charge in [-0.3, -0.25) is 4.79 Å². The Hall–Kier alpha value is -1.46. The van der Waals surface area contributed by atoms with Crippen molar-refractivity contribution in [1.82, 2.24) is 0 Å². The quantitative estimate of drug-likeness (QED) is 0.869. The van der Waals surface area contributed by atoms with Crippen molar-refractivity contribution in [3.05, 3.63) is 65.0 Å². The summed E-state index contributed by atoms with van der Waals surface area (Å²) in [7, 11) is 0. The molecular weight excluding hydrogens is 317 g/mol. The average Bonchev–Trinajstić information content (AvgIpc) is 3.05. The fourth-order valence-corrected chi connectivity index (χ4v) is 5.08. The van der Waals surface area contributed by atoms with Gasteiger partial charge in [0.15, 0.2) is 0 Å². The summed E-state index contributed by atoms with van der Waals surface area (Å²) in [5.74, 6) is 1.82. The largest absolute Gasteiger partial charge is 0.322 e. The van der Waals surface area contributed by atoms with Gasteiger partial charge in [-0.15, -0.1) is 23.5 Å². The molecule has 0 bridgehead atoms. The molecule has 1 aliphatic heterocycles. The number of thioether (sulfide) groups is 2. The second kappa shape index (κ2) is 6.75. The van der Waals surface area contributed by atoms with Crippen molar-refractivity contribution < 1.29 is 9.18 Å². The summed E-state index contributed by atoms with van der Waals surface area (Å²) in [6, 6.07) is 12.4. The minimum Gasteiger partial charge on any atom is -0.322 e. The van der Waals surface area contributed by atoms with Crippen LogP contribution >= 0.6 is 23.5 Å². The van der Waals surface area contributed by atoms with Crippen molar-refractivity contribution >= 4 is 35.1 Å². The minimum absolute atomic E-state index is 0.221. The zero-order valence-corrected chi connectivity index (χ0v) is 13.8. The molecule has 114 valence electrons. The highest BCUT2D eigenvalue weighted by atomic mass is 32.2. The molecule has 1 aliphatic rings. The zero-order valence-electron chi connectivity index (χ0n) is 12.1. The molecule has 2 nitrogen and oxygen atoms in total. The smallest absolute Gasteiger partial charge is 0.255 e. The Balaban J connectivity index is 1.70. The van der Waals surface area contributed by atoms with Gasteiger partial charge in [0.2, 0.25) is 0 Å². The third-order valence-electron chi connectivity index (χ3n) is 3.50. The highest BCUT2D eigenvalue weighted by molar-refractivity contribution is 8.19. The molecule has 0 atom stereocenters. The Morgan fingerprint density at radius 3 is 2.45 bits per heavy atom. The monoisotopic (exact) mass is 333 g/mol. The van der Waals surface area contributed by atoms with Crippen LogP contribution < -0.4 is 5.32 Å². The number of carbonyl (C=O) groups excluding carboxylic acids is 1. The number of halogens is 1. The van der Waals surface area contributed by atoms with E-state index in [-0.39, 0.29) is 11.7 Å². The van der Waals surface area contributed by atoms with Gasteiger partial charge < -0.3 is 5.32 Å². The van der Waals surface area contributed by atoms with Crippen LogP contribution in [0, 0.1) is 12.7 Å². The Morgan fingerprint density at radius 2 is 1.82 bits per heavy atom. The van der Waals surface area contributed by atoms with Crippen molar-refractivity contribution in [3.63, 3.8) is 0 Å². The van der Waals surface area contributed by atoms with Crippen LogP contribution in [0.4, 0.5) is 10.1 Å². The molecule has 1 saturated heterocycles. The molecule has 3 rings (SSSR count). The normalized spacial score (nSPS) is 15.0. The summed E-state index contributed by atoms with van der Waals surface area (Å²) in [6.45, 7) is 1.69. The van der Waals surface area contributed by atoms with Crippen LogP contribution in [0.15, 0.2) is 42.5 Å². The highest BCUT2D eigenvalue weighted by Gasteiger charge is 2.18. The Morgan fingerprint density at radius 1 is 1.14 bits per heavy atom. The van der Waals surface area contributed by atoms with Crippen molar-refractivity contribution in [1.29, 1.82) is 0 Å². The van der Waals surface area contributed by atoms with Gasteiger partial charge in [-0.25, -0.2) is 4.39 Å². The van der Waals surface area contributed by atoms with E-state index < -0.39 is 0 Å². The second-order valence-electron chi connectivity index (χ2n) is 5.11. The molecule has 5 heteroatoms. The standard InChI is InChI=1S/C17H16FNOS2/c1-11-2-7-14(10-15(11)18)19-16(20)12-3-5-13(6-4-12)17-21-8-9-22-17/h2-7,10,17H,8-9H2,1H3,(H,19,20). The first kappa shape index (κ1) is 15.4.